The van der Waals surface area contributed by atoms with Gasteiger partial charge in [-0.3, -0.25) is 14.9 Å². The third kappa shape index (κ3) is 4.35. The molecule has 1 aromatic heterocycles. The van der Waals surface area contributed by atoms with Gasteiger partial charge in [0.25, 0.3) is 0 Å². The zero-order chi connectivity index (χ0) is 24.4. The number of phenols is 1. The largest absolute Gasteiger partial charge is 0.507 e. The van der Waals surface area contributed by atoms with Crippen LogP contribution in [0, 0.1) is 0 Å². The Bertz CT molecular complexity index is 1280. The zero-order valence-electron chi connectivity index (χ0n) is 18.3. The minimum Gasteiger partial charge on any atom is -0.507 e. The van der Waals surface area contributed by atoms with Crippen LogP contribution in [0.1, 0.15) is 39.6 Å². The summed E-state index contributed by atoms with van der Waals surface area (Å²) in [6, 6.07) is 9.89. The van der Waals surface area contributed by atoms with Crippen molar-refractivity contribution in [2.24, 2.45) is 5.73 Å². The molecule has 0 radical (unpaired) electrons. The maximum Gasteiger partial charge on any atom is 0.341 e. The van der Waals surface area contributed by atoms with Crippen molar-refractivity contribution in [3.05, 3.63) is 64.8 Å². The Balaban J connectivity index is 1.75. The second-order valence-corrected chi connectivity index (χ2v) is 8.11. The van der Waals surface area contributed by atoms with Crippen LogP contribution < -0.4 is 16.4 Å². The molecule has 176 valence electrons. The number of primary amides is 1. The first kappa shape index (κ1) is 23.0. The van der Waals surface area contributed by atoms with Crippen LogP contribution in [0.25, 0.3) is 10.9 Å². The van der Waals surface area contributed by atoms with Gasteiger partial charge >= 0.3 is 5.97 Å². The molecule has 6 N–H and O–H groups in total. The summed E-state index contributed by atoms with van der Waals surface area (Å²) < 4.78 is 4.76. The molecule has 34 heavy (non-hydrogen) atoms. The van der Waals surface area contributed by atoms with Gasteiger partial charge in [-0.1, -0.05) is 24.3 Å². The topological polar surface area (TPSA) is 164 Å². The lowest BCUT2D eigenvalue weighted by Crippen LogP contribution is -2.53. The average Bonchev–Trinajstić information content (AvgIpc) is 3.21. The number of nitrogens with one attached hydrogen (secondary N) is 3. The third-order valence-corrected chi connectivity index (χ3v) is 5.90. The average molecular weight is 464 g/mol. The Morgan fingerprint density at radius 3 is 2.74 bits per heavy atom. The van der Waals surface area contributed by atoms with Crippen molar-refractivity contribution in [1.29, 1.82) is 0 Å². The molecule has 0 bridgehead atoms. The van der Waals surface area contributed by atoms with Gasteiger partial charge in [0.2, 0.25) is 11.8 Å². The van der Waals surface area contributed by atoms with Crippen molar-refractivity contribution >= 4 is 35.0 Å². The number of para-hydroxylation sites is 1. The summed E-state index contributed by atoms with van der Waals surface area (Å²) in [6.07, 6.45) is 0.499. The molecule has 10 nitrogen and oxygen atoms in total. The van der Waals surface area contributed by atoms with Gasteiger partial charge in [-0.05, 0) is 35.7 Å². The smallest absolute Gasteiger partial charge is 0.341 e. The Kier molecular flexibility index (Phi) is 6.33. The fourth-order valence-corrected chi connectivity index (χ4v) is 4.31. The highest BCUT2D eigenvalue weighted by Crippen LogP contribution is 2.36. The molecule has 0 fully saturated rings. The van der Waals surface area contributed by atoms with Crippen LogP contribution in [0.15, 0.2) is 42.5 Å². The van der Waals surface area contributed by atoms with Crippen molar-refractivity contribution in [3.8, 4) is 5.75 Å². The van der Waals surface area contributed by atoms with Crippen LogP contribution in [-0.2, 0) is 25.5 Å². The van der Waals surface area contributed by atoms with Gasteiger partial charge in [0, 0.05) is 16.6 Å². The normalized spacial score (nSPS) is 18.0. The van der Waals surface area contributed by atoms with Gasteiger partial charge in [0.15, 0.2) is 0 Å². The molecule has 0 spiro atoms. The minimum absolute atomic E-state index is 0.00601. The van der Waals surface area contributed by atoms with Crippen molar-refractivity contribution in [2.75, 3.05) is 7.11 Å². The van der Waals surface area contributed by atoms with E-state index in [0.29, 0.717) is 18.3 Å². The molecule has 10 heteroatoms. The number of nitrogens with two attached hydrogens (primary N) is 1. The van der Waals surface area contributed by atoms with E-state index >= 15 is 0 Å². The summed E-state index contributed by atoms with van der Waals surface area (Å²) in [6.45, 7) is 0. The molecule has 2 aromatic carbocycles. The second kappa shape index (κ2) is 9.36. The van der Waals surface area contributed by atoms with E-state index < -0.39 is 35.9 Å². The number of carbonyl (C=O) groups is 4. The number of aromatic amines is 1. The molecule has 0 aliphatic carbocycles. The summed E-state index contributed by atoms with van der Waals surface area (Å²) in [5.41, 5.74) is 8.38. The number of aromatic hydroxyl groups is 1. The van der Waals surface area contributed by atoms with Crippen LogP contribution >= 0.6 is 0 Å². The molecule has 4 rings (SSSR count). The van der Waals surface area contributed by atoms with E-state index in [-0.39, 0.29) is 17.7 Å². The summed E-state index contributed by atoms with van der Waals surface area (Å²) in [4.78, 5) is 51.1. The second-order valence-electron chi connectivity index (χ2n) is 8.11. The van der Waals surface area contributed by atoms with Gasteiger partial charge in [0.05, 0.1) is 31.7 Å². The van der Waals surface area contributed by atoms with Crippen LogP contribution in [0.2, 0.25) is 0 Å². The lowest BCUT2D eigenvalue weighted by Gasteiger charge is -2.32. The molecule has 1 aliphatic rings. The predicted octanol–water partition coefficient (Wildman–Crippen LogP) is 0.823. The van der Waals surface area contributed by atoms with Gasteiger partial charge in [-0.25, -0.2) is 4.79 Å². The molecule has 2 heterocycles. The van der Waals surface area contributed by atoms with Crippen LogP contribution in [-0.4, -0.2) is 53.4 Å². The van der Waals surface area contributed by atoms with Crippen molar-refractivity contribution < 1.29 is 29.0 Å². The number of esters is 1. The molecular formula is C24H24N4O6. The number of hydrogen-bond donors (Lipinski definition) is 5. The highest BCUT2D eigenvalue weighted by atomic mass is 16.5. The standard InChI is InChI=1S/C24H24N4O6/c1-34-24(33)16-8-12(6-7-19(16)30)21-22-15(14-4-2-3-5-17(14)27-22)10-18(28-21)23(32)26-13(11-29)9-20(25)31/h2-8,11,13,18,21,27-28,30H,9-10H2,1H3,(H2,25,31)(H,26,32)/t13-,18-,21+/m0/s1. The summed E-state index contributed by atoms with van der Waals surface area (Å²) in [7, 11) is 1.22. The van der Waals surface area contributed by atoms with E-state index in [2.05, 4.69) is 15.6 Å². The number of rotatable bonds is 7. The van der Waals surface area contributed by atoms with Crippen LogP contribution in [0.5, 0.6) is 5.75 Å². The monoisotopic (exact) mass is 464 g/mol. The van der Waals surface area contributed by atoms with E-state index in [1.54, 1.807) is 6.07 Å². The number of H-pyrrole nitrogens is 1. The highest BCUT2D eigenvalue weighted by Gasteiger charge is 2.35. The van der Waals surface area contributed by atoms with Crippen LogP contribution in [0.3, 0.4) is 0 Å². The van der Waals surface area contributed by atoms with Crippen molar-refractivity contribution in [1.82, 2.24) is 15.6 Å². The number of phenolic OH excluding ortho intramolecular Hbond substituents is 1. The van der Waals surface area contributed by atoms with Crippen molar-refractivity contribution in [3.63, 3.8) is 0 Å². The lowest BCUT2D eigenvalue weighted by molar-refractivity contribution is -0.127. The number of amides is 2. The Morgan fingerprint density at radius 2 is 2.03 bits per heavy atom. The molecule has 0 saturated carbocycles. The molecule has 3 aromatic rings. The molecule has 0 unspecified atom stereocenters. The van der Waals surface area contributed by atoms with E-state index in [0.717, 1.165) is 22.2 Å². The number of hydrogen-bond acceptors (Lipinski definition) is 7. The molecular weight excluding hydrogens is 440 g/mol. The maximum absolute atomic E-state index is 13.1. The first-order chi connectivity index (χ1) is 16.3. The SMILES string of the molecule is COC(=O)c1cc([C@H]2N[C@H](C(=O)N[C@H](C=O)CC(N)=O)Cc3c2[nH]c2ccccc32)ccc1O. The fraction of sp³-hybridized carbons (Fsp3) is 0.250. The van der Waals surface area contributed by atoms with Gasteiger partial charge in [0.1, 0.15) is 17.6 Å². The molecule has 1 aliphatic heterocycles. The quantitative estimate of drug-likeness (QED) is 0.255. The third-order valence-electron chi connectivity index (χ3n) is 5.90. The number of aldehydes is 1. The number of methoxy groups -OCH3 is 1. The summed E-state index contributed by atoms with van der Waals surface area (Å²) in [5, 5.41) is 16.9. The summed E-state index contributed by atoms with van der Waals surface area (Å²) in [5.74, 6) is -2.09. The first-order valence-corrected chi connectivity index (χ1v) is 10.6. The van der Waals surface area contributed by atoms with E-state index in [1.807, 2.05) is 24.3 Å². The van der Waals surface area contributed by atoms with Crippen molar-refractivity contribution in [2.45, 2.75) is 31.0 Å². The zero-order valence-corrected chi connectivity index (χ0v) is 18.3. The van der Waals surface area contributed by atoms with Gasteiger partial charge in [-0.2, -0.15) is 0 Å². The van der Waals surface area contributed by atoms with E-state index in [4.69, 9.17) is 10.5 Å². The lowest BCUT2D eigenvalue weighted by atomic mass is 9.89. The maximum atomic E-state index is 13.1. The molecule has 2 amide bonds. The van der Waals surface area contributed by atoms with E-state index in [9.17, 15) is 24.3 Å². The van der Waals surface area contributed by atoms with Gasteiger partial charge in [-0.15, -0.1) is 0 Å². The fourth-order valence-electron chi connectivity index (χ4n) is 4.31. The highest BCUT2D eigenvalue weighted by molar-refractivity contribution is 5.93. The number of ether oxygens (including phenoxy) is 1. The van der Waals surface area contributed by atoms with Crippen LogP contribution in [0.4, 0.5) is 0 Å². The number of aromatic nitrogens is 1. The Morgan fingerprint density at radius 1 is 1.26 bits per heavy atom. The Labute approximate surface area is 194 Å². The molecule has 3 atom stereocenters. The Hall–Kier alpha value is -4.18. The first-order valence-electron chi connectivity index (χ1n) is 10.6. The number of fused-ring (bicyclic) bond motifs is 3. The number of carbonyl (C=O) groups excluding carboxylic acids is 4. The summed E-state index contributed by atoms with van der Waals surface area (Å²) >= 11 is 0. The minimum atomic E-state index is -1.03. The number of benzene rings is 2. The molecule has 0 saturated heterocycles. The van der Waals surface area contributed by atoms with Gasteiger partial charge < -0.3 is 30.7 Å². The van der Waals surface area contributed by atoms with E-state index in [1.165, 1.54) is 19.2 Å². The predicted molar refractivity (Wildman–Crippen MR) is 122 cm³/mol.